The van der Waals surface area contributed by atoms with Gasteiger partial charge in [0.05, 0.1) is 34.8 Å². The molecule has 0 bridgehead atoms. The number of benzene rings is 1. The summed E-state index contributed by atoms with van der Waals surface area (Å²) in [6.45, 7) is 4.92. The second-order valence-electron chi connectivity index (χ2n) is 5.15. The van der Waals surface area contributed by atoms with Gasteiger partial charge < -0.3 is 5.32 Å². The van der Waals surface area contributed by atoms with Crippen molar-refractivity contribution in [2.75, 3.05) is 5.32 Å². The summed E-state index contributed by atoms with van der Waals surface area (Å²) in [7, 11) is 0. The first-order chi connectivity index (χ1) is 10.7. The van der Waals surface area contributed by atoms with Crippen LogP contribution in [0.15, 0.2) is 36.0 Å². The molecule has 0 fully saturated rings. The molecular weight excluding hydrogens is 318 g/mol. The number of halogens is 1. The predicted molar refractivity (Wildman–Crippen MR) is 89.9 cm³/mol. The zero-order valence-corrected chi connectivity index (χ0v) is 13.9. The largest absolute Gasteiger partial charge is 0.376 e. The van der Waals surface area contributed by atoms with Gasteiger partial charge in [-0.05, 0) is 18.1 Å². The van der Waals surface area contributed by atoms with Gasteiger partial charge in [0.15, 0.2) is 0 Å². The molecule has 0 spiro atoms. The van der Waals surface area contributed by atoms with Crippen LogP contribution in [0.25, 0.3) is 5.69 Å². The third-order valence-corrected chi connectivity index (χ3v) is 4.29. The Hall–Kier alpha value is -1.92. The fraction of sp³-hybridized carbons (Fsp3) is 0.267. The normalized spacial score (nSPS) is 11.1. The average Bonchev–Trinajstić information content (AvgIpc) is 3.15. The maximum atomic E-state index is 6.31. The van der Waals surface area contributed by atoms with Crippen LogP contribution < -0.4 is 5.32 Å². The molecule has 0 saturated heterocycles. The first-order valence-corrected chi connectivity index (χ1v) is 8.24. The molecule has 0 saturated carbocycles. The summed E-state index contributed by atoms with van der Waals surface area (Å²) in [5.74, 6) is 0.302. The topological polar surface area (TPSA) is 55.6 Å². The van der Waals surface area contributed by atoms with Gasteiger partial charge in [-0.25, -0.2) is 4.68 Å². The smallest absolute Gasteiger partial charge is 0.136 e. The lowest BCUT2D eigenvalue weighted by Crippen LogP contribution is -2.07. The highest BCUT2D eigenvalue weighted by molar-refractivity contribution is 7.09. The van der Waals surface area contributed by atoms with Crippen molar-refractivity contribution in [3.05, 3.63) is 51.7 Å². The van der Waals surface area contributed by atoms with Crippen molar-refractivity contribution in [3.8, 4) is 5.69 Å². The fourth-order valence-corrected chi connectivity index (χ4v) is 2.99. The number of para-hydroxylation sites is 1. The number of hydrogen-bond acceptors (Lipinski definition) is 5. The van der Waals surface area contributed by atoms with Crippen LogP contribution >= 0.6 is 22.9 Å². The number of hydrogen-bond donors (Lipinski definition) is 1. The van der Waals surface area contributed by atoms with Crippen molar-refractivity contribution in [2.24, 2.45) is 0 Å². The van der Waals surface area contributed by atoms with E-state index in [0.29, 0.717) is 17.5 Å². The molecular formula is C15H16ClN5S. The molecule has 0 amide bonds. The summed E-state index contributed by atoms with van der Waals surface area (Å²) in [5.41, 5.74) is 4.70. The maximum Gasteiger partial charge on any atom is 0.136 e. The van der Waals surface area contributed by atoms with E-state index in [1.807, 2.05) is 35.1 Å². The Labute approximate surface area is 138 Å². The van der Waals surface area contributed by atoms with Crippen molar-refractivity contribution in [2.45, 2.75) is 26.3 Å². The minimum atomic E-state index is 0.302. The molecule has 2 aromatic heterocycles. The van der Waals surface area contributed by atoms with Crippen LogP contribution in [-0.2, 0) is 6.54 Å². The van der Waals surface area contributed by atoms with Crippen LogP contribution in [-0.4, -0.2) is 20.0 Å². The van der Waals surface area contributed by atoms with Crippen LogP contribution in [0.1, 0.15) is 30.5 Å². The summed E-state index contributed by atoms with van der Waals surface area (Å²) in [6, 6.07) is 7.72. The minimum absolute atomic E-state index is 0.302. The van der Waals surface area contributed by atoms with Crippen molar-refractivity contribution in [1.29, 1.82) is 0 Å². The monoisotopic (exact) mass is 333 g/mol. The Morgan fingerprint density at radius 3 is 2.82 bits per heavy atom. The van der Waals surface area contributed by atoms with E-state index in [2.05, 4.69) is 34.5 Å². The zero-order valence-electron chi connectivity index (χ0n) is 12.3. The summed E-state index contributed by atoms with van der Waals surface area (Å²) in [5, 5.41) is 17.4. The molecule has 1 N–H and O–H groups in total. The summed E-state index contributed by atoms with van der Waals surface area (Å²) < 4.78 is 1.90. The molecule has 0 atom stereocenters. The first-order valence-electron chi connectivity index (χ1n) is 6.98. The third kappa shape index (κ3) is 2.98. The molecule has 22 heavy (non-hydrogen) atoms. The lowest BCUT2D eigenvalue weighted by atomic mass is 10.1. The van der Waals surface area contributed by atoms with Crippen molar-refractivity contribution >= 4 is 28.6 Å². The second kappa shape index (κ2) is 6.46. The Kier molecular flexibility index (Phi) is 4.40. The number of aromatic nitrogens is 4. The molecule has 2 heterocycles. The number of rotatable bonds is 5. The molecule has 5 nitrogen and oxygen atoms in total. The number of nitrogens with zero attached hydrogens (tertiary/aromatic N) is 4. The standard InChI is InChI=1S/C15H16ClN5S/c1-10(2)15-12(17-8-14-20-18-9-22-14)7-19-21(15)13-6-4-3-5-11(13)16/h3-7,9-10,17H,8H2,1-2H3. The Morgan fingerprint density at radius 1 is 1.32 bits per heavy atom. The SMILES string of the molecule is CC(C)c1c(NCc2nncs2)cnn1-c1ccccc1Cl. The van der Waals surface area contributed by atoms with Gasteiger partial charge in [0.1, 0.15) is 10.5 Å². The average molecular weight is 334 g/mol. The molecule has 3 rings (SSSR count). The lowest BCUT2D eigenvalue weighted by Gasteiger charge is -2.14. The van der Waals surface area contributed by atoms with Crippen molar-refractivity contribution in [1.82, 2.24) is 20.0 Å². The molecule has 0 radical (unpaired) electrons. The molecule has 0 unspecified atom stereocenters. The molecule has 0 aliphatic heterocycles. The van der Waals surface area contributed by atoms with E-state index in [-0.39, 0.29) is 0 Å². The molecule has 1 aromatic carbocycles. The van der Waals surface area contributed by atoms with Gasteiger partial charge in [-0.2, -0.15) is 5.10 Å². The quantitative estimate of drug-likeness (QED) is 0.763. The zero-order chi connectivity index (χ0) is 15.5. The lowest BCUT2D eigenvalue weighted by molar-refractivity contribution is 0.735. The van der Waals surface area contributed by atoms with E-state index in [9.17, 15) is 0 Å². The maximum absolute atomic E-state index is 6.31. The number of anilines is 1. The predicted octanol–water partition coefficient (Wildman–Crippen LogP) is 4.11. The van der Waals surface area contributed by atoms with Crippen LogP contribution in [0.2, 0.25) is 5.02 Å². The van der Waals surface area contributed by atoms with E-state index < -0.39 is 0 Å². The number of nitrogens with one attached hydrogen (secondary N) is 1. The highest BCUT2D eigenvalue weighted by atomic mass is 35.5. The van der Waals surface area contributed by atoms with Crippen molar-refractivity contribution < 1.29 is 0 Å². The highest BCUT2D eigenvalue weighted by Gasteiger charge is 2.17. The van der Waals surface area contributed by atoms with E-state index in [1.165, 1.54) is 11.3 Å². The fourth-order valence-electron chi connectivity index (χ4n) is 2.31. The van der Waals surface area contributed by atoms with E-state index in [4.69, 9.17) is 11.6 Å². The van der Waals surface area contributed by atoms with Crippen molar-refractivity contribution in [3.63, 3.8) is 0 Å². The second-order valence-corrected chi connectivity index (χ2v) is 6.47. The van der Waals surface area contributed by atoms with Crippen LogP contribution in [0.3, 0.4) is 0 Å². The molecule has 0 aliphatic rings. The van der Waals surface area contributed by atoms with Gasteiger partial charge in [-0.15, -0.1) is 21.5 Å². The van der Waals surface area contributed by atoms with Gasteiger partial charge in [0, 0.05) is 0 Å². The summed E-state index contributed by atoms with van der Waals surface area (Å²) in [6.07, 6.45) is 1.83. The third-order valence-electron chi connectivity index (χ3n) is 3.27. The van der Waals surface area contributed by atoms with Gasteiger partial charge in [-0.3, -0.25) is 0 Å². The van der Waals surface area contributed by atoms with Gasteiger partial charge in [-0.1, -0.05) is 37.6 Å². The van der Waals surface area contributed by atoms with Crippen LogP contribution in [0, 0.1) is 0 Å². The Balaban J connectivity index is 1.94. The van der Waals surface area contributed by atoms with E-state index >= 15 is 0 Å². The van der Waals surface area contributed by atoms with E-state index in [1.54, 1.807) is 5.51 Å². The minimum Gasteiger partial charge on any atom is -0.376 e. The highest BCUT2D eigenvalue weighted by Crippen LogP contribution is 2.30. The molecule has 3 aromatic rings. The van der Waals surface area contributed by atoms with E-state index in [0.717, 1.165) is 22.1 Å². The van der Waals surface area contributed by atoms with Gasteiger partial charge >= 0.3 is 0 Å². The first kappa shape index (κ1) is 15.0. The van der Waals surface area contributed by atoms with Gasteiger partial charge in [0.25, 0.3) is 0 Å². The Bertz CT molecular complexity index is 751. The summed E-state index contributed by atoms with van der Waals surface area (Å²) in [4.78, 5) is 0. The van der Waals surface area contributed by atoms with Crippen LogP contribution in [0.5, 0.6) is 0 Å². The molecule has 7 heteroatoms. The molecule has 114 valence electrons. The summed E-state index contributed by atoms with van der Waals surface area (Å²) >= 11 is 7.83. The van der Waals surface area contributed by atoms with Gasteiger partial charge in [0.2, 0.25) is 0 Å². The Morgan fingerprint density at radius 2 is 2.14 bits per heavy atom. The van der Waals surface area contributed by atoms with Crippen LogP contribution in [0.4, 0.5) is 5.69 Å². The molecule has 0 aliphatic carbocycles.